The summed E-state index contributed by atoms with van der Waals surface area (Å²) in [5, 5.41) is 8.45. The van der Waals surface area contributed by atoms with E-state index in [1.165, 1.54) is 6.07 Å². The Labute approximate surface area is 78.0 Å². The van der Waals surface area contributed by atoms with Gasteiger partial charge in [-0.15, -0.1) is 0 Å². The van der Waals surface area contributed by atoms with Gasteiger partial charge in [0.1, 0.15) is 11.9 Å². The van der Waals surface area contributed by atoms with Crippen LogP contribution in [0.4, 0.5) is 4.39 Å². The Morgan fingerprint density at radius 2 is 2.27 bits per heavy atom. The van der Waals surface area contributed by atoms with E-state index in [9.17, 15) is 4.39 Å². The van der Waals surface area contributed by atoms with Crippen molar-refractivity contribution in [2.24, 2.45) is 0 Å². The number of hydrogen-bond donors (Lipinski definition) is 0. The highest BCUT2D eigenvalue weighted by atomic mass is 127. The molecule has 0 radical (unpaired) electrons. The minimum Gasteiger partial charge on any atom is -0.206 e. The summed E-state index contributed by atoms with van der Waals surface area (Å²) in [5.74, 6) is -0.443. The fourth-order valence-corrected chi connectivity index (χ4v) is 1.22. The second-order valence-corrected chi connectivity index (χ2v) is 2.82. The lowest BCUT2D eigenvalue weighted by Crippen LogP contribution is -1.85. The van der Waals surface area contributed by atoms with Gasteiger partial charge in [0.25, 0.3) is 0 Å². The molecule has 11 heavy (non-hydrogen) atoms. The molecular weight excluding hydrogens is 256 g/mol. The molecule has 0 aromatic heterocycles. The number of nitrogens with zero attached hydrogens (tertiary/aromatic N) is 1. The van der Waals surface area contributed by atoms with Gasteiger partial charge in [-0.3, -0.25) is 0 Å². The van der Waals surface area contributed by atoms with E-state index in [-0.39, 0.29) is 5.56 Å². The first-order valence-corrected chi connectivity index (χ1v) is 4.55. The van der Waals surface area contributed by atoms with Crippen molar-refractivity contribution in [2.75, 3.05) is 0 Å². The van der Waals surface area contributed by atoms with Crippen molar-refractivity contribution >= 4 is 22.6 Å². The third-order valence-electron chi connectivity index (χ3n) is 1.31. The molecule has 0 N–H and O–H groups in total. The Kier molecular flexibility index (Phi) is 2.83. The molecule has 0 aliphatic carbocycles. The molecule has 0 aliphatic heterocycles. The summed E-state index contributed by atoms with van der Waals surface area (Å²) in [6.07, 6.45) is 0. The van der Waals surface area contributed by atoms with Gasteiger partial charge in [-0.05, 0) is 17.7 Å². The van der Waals surface area contributed by atoms with Crippen molar-refractivity contribution in [3.63, 3.8) is 0 Å². The molecule has 0 aliphatic rings. The molecule has 1 rings (SSSR count). The number of nitriles is 1. The van der Waals surface area contributed by atoms with Gasteiger partial charge >= 0.3 is 0 Å². The molecule has 0 bridgehead atoms. The molecule has 0 saturated carbocycles. The Morgan fingerprint density at radius 1 is 1.55 bits per heavy atom. The molecule has 56 valence electrons. The summed E-state index contributed by atoms with van der Waals surface area (Å²) in [6, 6.07) is 6.37. The quantitative estimate of drug-likeness (QED) is 0.563. The predicted octanol–water partition coefficient (Wildman–Crippen LogP) is 2.63. The average molecular weight is 261 g/mol. The number of rotatable bonds is 1. The minimum absolute atomic E-state index is 0.124. The van der Waals surface area contributed by atoms with E-state index in [4.69, 9.17) is 5.26 Å². The van der Waals surface area contributed by atoms with E-state index in [1.807, 2.05) is 0 Å². The fraction of sp³-hybridized carbons (Fsp3) is 0.125. The summed E-state index contributed by atoms with van der Waals surface area (Å²) >= 11 is 2.17. The SMILES string of the molecule is N#Cc1cc(CI)ccc1F. The van der Waals surface area contributed by atoms with E-state index in [1.54, 1.807) is 18.2 Å². The predicted molar refractivity (Wildman–Crippen MR) is 48.8 cm³/mol. The van der Waals surface area contributed by atoms with Crippen LogP contribution in [0.3, 0.4) is 0 Å². The molecule has 1 aromatic rings. The lowest BCUT2D eigenvalue weighted by molar-refractivity contribution is 0.623. The van der Waals surface area contributed by atoms with Crippen LogP contribution in [0.2, 0.25) is 0 Å². The van der Waals surface area contributed by atoms with Crippen LogP contribution in [0, 0.1) is 17.1 Å². The second kappa shape index (κ2) is 3.67. The van der Waals surface area contributed by atoms with Gasteiger partial charge in [0, 0.05) is 4.43 Å². The van der Waals surface area contributed by atoms with Crippen LogP contribution in [0.1, 0.15) is 11.1 Å². The lowest BCUT2D eigenvalue weighted by atomic mass is 10.1. The summed E-state index contributed by atoms with van der Waals surface area (Å²) in [7, 11) is 0. The van der Waals surface area contributed by atoms with Crippen LogP contribution in [0.25, 0.3) is 0 Å². The third-order valence-corrected chi connectivity index (χ3v) is 2.19. The topological polar surface area (TPSA) is 23.8 Å². The molecule has 0 unspecified atom stereocenters. The summed E-state index contributed by atoms with van der Waals surface area (Å²) < 4.78 is 13.5. The number of halogens is 2. The maximum absolute atomic E-state index is 12.7. The van der Waals surface area contributed by atoms with E-state index >= 15 is 0 Å². The van der Waals surface area contributed by atoms with Crippen molar-refractivity contribution < 1.29 is 4.39 Å². The number of hydrogen-bond acceptors (Lipinski definition) is 1. The van der Waals surface area contributed by atoms with Gasteiger partial charge in [0.05, 0.1) is 5.56 Å². The smallest absolute Gasteiger partial charge is 0.140 e. The van der Waals surface area contributed by atoms with Gasteiger partial charge in [0.15, 0.2) is 0 Å². The van der Waals surface area contributed by atoms with E-state index in [0.717, 1.165) is 9.99 Å². The largest absolute Gasteiger partial charge is 0.206 e. The van der Waals surface area contributed by atoms with E-state index in [0.29, 0.717) is 0 Å². The van der Waals surface area contributed by atoms with Crippen LogP contribution in [-0.4, -0.2) is 0 Å². The van der Waals surface area contributed by atoms with Gasteiger partial charge in [0.2, 0.25) is 0 Å². The van der Waals surface area contributed by atoms with Crippen molar-refractivity contribution in [1.82, 2.24) is 0 Å². The van der Waals surface area contributed by atoms with Gasteiger partial charge in [-0.1, -0.05) is 28.7 Å². The molecule has 1 aromatic carbocycles. The molecular formula is C8H5FIN. The zero-order valence-corrected chi connectivity index (χ0v) is 7.80. The Morgan fingerprint density at radius 3 is 2.82 bits per heavy atom. The fourth-order valence-electron chi connectivity index (χ4n) is 0.741. The van der Waals surface area contributed by atoms with Crippen LogP contribution in [0.15, 0.2) is 18.2 Å². The van der Waals surface area contributed by atoms with Gasteiger partial charge < -0.3 is 0 Å². The summed E-state index contributed by atoms with van der Waals surface area (Å²) in [6.45, 7) is 0. The van der Waals surface area contributed by atoms with Crippen LogP contribution < -0.4 is 0 Å². The molecule has 0 spiro atoms. The molecule has 1 nitrogen and oxygen atoms in total. The first-order chi connectivity index (χ1) is 5.27. The zero-order chi connectivity index (χ0) is 8.27. The van der Waals surface area contributed by atoms with E-state index in [2.05, 4.69) is 22.6 Å². The summed E-state index contributed by atoms with van der Waals surface area (Å²) in [4.78, 5) is 0. The molecule has 0 amide bonds. The Balaban J connectivity index is 3.15. The van der Waals surface area contributed by atoms with Crippen molar-refractivity contribution in [1.29, 1.82) is 5.26 Å². The normalized spacial score (nSPS) is 9.18. The molecule has 0 fully saturated rings. The maximum atomic E-state index is 12.7. The van der Waals surface area contributed by atoms with Gasteiger partial charge in [-0.25, -0.2) is 4.39 Å². The number of alkyl halides is 1. The highest BCUT2D eigenvalue weighted by molar-refractivity contribution is 14.1. The van der Waals surface area contributed by atoms with Crippen LogP contribution in [0.5, 0.6) is 0 Å². The Hall–Kier alpha value is -0.630. The molecule has 0 saturated heterocycles. The third kappa shape index (κ3) is 1.90. The van der Waals surface area contributed by atoms with Crippen molar-refractivity contribution in [2.45, 2.75) is 4.43 Å². The van der Waals surface area contributed by atoms with Crippen molar-refractivity contribution in [3.8, 4) is 6.07 Å². The zero-order valence-electron chi connectivity index (χ0n) is 5.64. The monoisotopic (exact) mass is 261 g/mol. The molecule has 0 atom stereocenters. The van der Waals surface area contributed by atoms with E-state index < -0.39 is 5.82 Å². The minimum atomic E-state index is -0.443. The van der Waals surface area contributed by atoms with Crippen molar-refractivity contribution in [3.05, 3.63) is 35.1 Å². The Bertz CT molecular complexity index is 303. The summed E-state index contributed by atoms with van der Waals surface area (Å²) in [5.41, 5.74) is 1.10. The highest BCUT2D eigenvalue weighted by Crippen LogP contribution is 2.11. The molecule has 0 heterocycles. The standard InChI is InChI=1S/C8H5FIN/c9-8-2-1-6(4-10)3-7(8)5-11/h1-3H,4H2. The lowest BCUT2D eigenvalue weighted by Gasteiger charge is -1.95. The first-order valence-electron chi connectivity index (χ1n) is 3.02. The first kappa shape index (κ1) is 8.47. The molecule has 3 heteroatoms. The highest BCUT2D eigenvalue weighted by Gasteiger charge is 2.00. The number of benzene rings is 1. The second-order valence-electron chi connectivity index (χ2n) is 2.06. The van der Waals surface area contributed by atoms with Crippen LogP contribution in [-0.2, 0) is 4.43 Å². The van der Waals surface area contributed by atoms with Gasteiger partial charge in [-0.2, -0.15) is 5.26 Å². The maximum Gasteiger partial charge on any atom is 0.140 e. The average Bonchev–Trinajstić information content (AvgIpc) is 2.05. The van der Waals surface area contributed by atoms with Crippen LogP contribution >= 0.6 is 22.6 Å².